The molecule has 3 aromatic carbocycles. The molecule has 5 rings (SSSR count). The van der Waals surface area contributed by atoms with E-state index in [9.17, 15) is 0 Å². The number of benzene rings is 3. The second-order valence-corrected chi connectivity index (χ2v) is 7.45. The first-order valence-corrected chi connectivity index (χ1v) is 9.78. The van der Waals surface area contributed by atoms with Crippen molar-refractivity contribution in [1.82, 2.24) is 9.88 Å². The highest BCUT2D eigenvalue weighted by molar-refractivity contribution is 5.85. The highest BCUT2D eigenvalue weighted by atomic mass is 15.2. The zero-order valence-electron chi connectivity index (χ0n) is 15.6. The summed E-state index contributed by atoms with van der Waals surface area (Å²) < 4.78 is 0. The van der Waals surface area contributed by atoms with Gasteiger partial charge in [0.15, 0.2) is 0 Å². The van der Waals surface area contributed by atoms with Crippen molar-refractivity contribution < 1.29 is 0 Å². The number of nitrogens with zero attached hydrogens (tertiary/aromatic N) is 1. The second-order valence-electron chi connectivity index (χ2n) is 7.45. The molecule has 0 saturated heterocycles. The average molecular weight is 352 g/mol. The summed E-state index contributed by atoms with van der Waals surface area (Å²) >= 11 is 0. The van der Waals surface area contributed by atoms with Gasteiger partial charge in [0, 0.05) is 29.2 Å². The Hall–Kier alpha value is -2.84. The molecule has 0 saturated carbocycles. The molecule has 0 spiro atoms. The first-order chi connectivity index (χ1) is 13.3. The van der Waals surface area contributed by atoms with Crippen LogP contribution in [0.25, 0.3) is 10.9 Å². The Bertz CT molecular complexity index is 1050. The number of fused-ring (bicyclic) bond motifs is 3. The maximum absolute atomic E-state index is 3.76. The molecule has 2 nitrogen and oxygen atoms in total. The van der Waals surface area contributed by atoms with Crippen molar-refractivity contribution >= 4 is 10.9 Å². The number of rotatable bonds is 3. The predicted octanol–water partition coefficient (Wildman–Crippen LogP) is 5.88. The van der Waals surface area contributed by atoms with Crippen molar-refractivity contribution in [2.45, 2.75) is 25.4 Å². The van der Waals surface area contributed by atoms with Gasteiger partial charge in [-0.3, -0.25) is 4.90 Å². The van der Waals surface area contributed by atoms with Crippen molar-refractivity contribution in [3.8, 4) is 0 Å². The third-order valence-electron chi connectivity index (χ3n) is 5.97. The van der Waals surface area contributed by atoms with E-state index in [0.29, 0.717) is 6.04 Å². The molecular formula is C25H24N2. The average Bonchev–Trinajstić information content (AvgIpc) is 3.12. The minimum Gasteiger partial charge on any atom is -0.357 e. The van der Waals surface area contributed by atoms with Crippen LogP contribution >= 0.6 is 0 Å². The molecule has 1 aromatic heterocycles. The summed E-state index contributed by atoms with van der Waals surface area (Å²) in [5.41, 5.74) is 6.82. The number of nitrogens with one attached hydrogen (secondary N) is 1. The van der Waals surface area contributed by atoms with E-state index in [4.69, 9.17) is 0 Å². The van der Waals surface area contributed by atoms with Crippen LogP contribution in [-0.2, 0) is 6.42 Å². The topological polar surface area (TPSA) is 19.0 Å². The first-order valence-electron chi connectivity index (χ1n) is 9.78. The Kier molecular flexibility index (Phi) is 4.06. The molecule has 0 fully saturated rings. The molecule has 27 heavy (non-hydrogen) atoms. The number of para-hydroxylation sites is 1. The van der Waals surface area contributed by atoms with E-state index in [1.807, 2.05) is 0 Å². The number of aromatic amines is 1. The summed E-state index contributed by atoms with van der Waals surface area (Å²) in [7, 11) is 0. The van der Waals surface area contributed by atoms with E-state index in [-0.39, 0.29) is 6.04 Å². The van der Waals surface area contributed by atoms with Crippen LogP contribution in [0.3, 0.4) is 0 Å². The normalized spacial score (nSPS) is 18.3. The third-order valence-corrected chi connectivity index (χ3v) is 5.97. The van der Waals surface area contributed by atoms with Crippen molar-refractivity contribution in [2.75, 3.05) is 6.54 Å². The number of aromatic nitrogens is 1. The van der Waals surface area contributed by atoms with Crippen LogP contribution in [0, 0.1) is 0 Å². The Morgan fingerprint density at radius 3 is 2.30 bits per heavy atom. The zero-order valence-corrected chi connectivity index (χ0v) is 15.6. The molecule has 2 heteroatoms. The largest absolute Gasteiger partial charge is 0.357 e. The minimum atomic E-state index is 0.248. The molecule has 4 aromatic rings. The van der Waals surface area contributed by atoms with E-state index >= 15 is 0 Å². The van der Waals surface area contributed by atoms with Gasteiger partial charge in [0.1, 0.15) is 0 Å². The maximum Gasteiger partial charge on any atom is 0.0762 e. The fourth-order valence-electron chi connectivity index (χ4n) is 4.59. The van der Waals surface area contributed by atoms with Gasteiger partial charge in [0.2, 0.25) is 0 Å². The molecular weight excluding hydrogens is 328 g/mol. The molecule has 1 N–H and O–H groups in total. The van der Waals surface area contributed by atoms with Crippen LogP contribution in [0.15, 0.2) is 84.9 Å². The lowest BCUT2D eigenvalue weighted by Gasteiger charge is -2.40. The lowest BCUT2D eigenvalue weighted by Crippen LogP contribution is -2.38. The van der Waals surface area contributed by atoms with E-state index in [1.54, 1.807) is 0 Å². The Morgan fingerprint density at radius 1 is 0.852 bits per heavy atom. The summed E-state index contributed by atoms with van der Waals surface area (Å²) in [6.07, 6.45) is 1.08. The van der Waals surface area contributed by atoms with Crippen LogP contribution in [0.4, 0.5) is 0 Å². The zero-order chi connectivity index (χ0) is 18.2. The summed E-state index contributed by atoms with van der Waals surface area (Å²) in [6.45, 7) is 3.39. The molecule has 2 heterocycles. The molecule has 1 aliphatic heterocycles. The van der Waals surface area contributed by atoms with Crippen LogP contribution in [0.2, 0.25) is 0 Å². The van der Waals surface area contributed by atoms with Crippen LogP contribution in [0.5, 0.6) is 0 Å². The second kappa shape index (κ2) is 6.71. The fourth-order valence-corrected chi connectivity index (χ4v) is 4.59. The number of H-pyrrole nitrogens is 1. The fraction of sp³-hybridized carbons (Fsp3) is 0.200. The maximum atomic E-state index is 3.76. The molecule has 0 aliphatic carbocycles. The van der Waals surface area contributed by atoms with Crippen LogP contribution < -0.4 is 0 Å². The quantitative estimate of drug-likeness (QED) is 0.488. The molecule has 134 valence electrons. The molecule has 1 aliphatic rings. The lowest BCUT2D eigenvalue weighted by molar-refractivity contribution is 0.155. The van der Waals surface area contributed by atoms with E-state index in [2.05, 4.69) is 102 Å². The molecule has 2 atom stereocenters. The van der Waals surface area contributed by atoms with Crippen LogP contribution in [0.1, 0.15) is 41.4 Å². The van der Waals surface area contributed by atoms with Crippen molar-refractivity contribution in [2.24, 2.45) is 0 Å². The van der Waals surface area contributed by atoms with Gasteiger partial charge in [-0.15, -0.1) is 0 Å². The lowest BCUT2D eigenvalue weighted by atomic mass is 9.90. The van der Waals surface area contributed by atoms with Crippen molar-refractivity contribution in [1.29, 1.82) is 0 Å². The van der Waals surface area contributed by atoms with E-state index in [1.165, 1.54) is 33.3 Å². The Morgan fingerprint density at radius 2 is 1.52 bits per heavy atom. The van der Waals surface area contributed by atoms with Crippen LogP contribution in [-0.4, -0.2) is 16.4 Å². The summed E-state index contributed by atoms with van der Waals surface area (Å²) in [5, 5.41) is 1.38. The Balaban J connectivity index is 1.66. The monoisotopic (exact) mass is 352 g/mol. The summed E-state index contributed by atoms with van der Waals surface area (Å²) in [5.74, 6) is 0. The third kappa shape index (κ3) is 2.77. The SMILES string of the molecule is CC(c1ccccc1)N1CCc2c([nH]c3ccccc23)C1c1ccccc1. The van der Waals surface area contributed by atoms with Crippen molar-refractivity contribution in [3.63, 3.8) is 0 Å². The molecule has 0 amide bonds. The first kappa shape index (κ1) is 16.3. The standard InChI is InChI=1S/C25H24N2/c1-18(19-10-4-2-5-11-19)27-17-16-22-21-14-8-9-15-23(21)26-24(22)25(27)20-12-6-3-7-13-20/h2-15,18,25-26H,16-17H2,1H3. The van der Waals surface area contributed by atoms with Gasteiger partial charge in [-0.2, -0.15) is 0 Å². The van der Waals surface area contributed by atoms with E-state index in [0.717, 1.165) is 13.0 Å². The van der Waals surface area contributed by atoms with Gasteiger partial charge in [-0.25, -0.2) is 0 Å². The van der Waals surface area contributed by atoms with Crippen molar-refractivity contribution in [3.05, 3.63) is 107 Å². The van der Waals surface area contributed by atoms with E-state index < -0.39 is 0 Å². The molecule has 0 radical (unpaired) electrons. The van der Waals surface area contributed by atoms with Gasteiger partial charge >= 0.3 is 0 Å². The van der Waals surface area contributed by atoms with Gasteiger partial charge in [-0.1, -0.05) is 78.9 Å². The minimum absolute atomic E-state index is 0.248. The highest BCUT2D eigenvalue weighted by Crippen LogP contribution is 2.42. The predicted molar refractivity (Wildman–Crippen MR) is 112 cm³/mol. The van der Waals surface area contributed by atoms with Gasteiger partial charge in [0.05, 0.1) is 6.04 Å². The smallest absolute Gasteiger partial charge is 0.0762 e. The van der Waals surface area contributed by atoms with Gasteiger partial charge in [0.25, 0.3) is 0 Å². The summed E-state index contributed by atoms with van der Waals surface area (Å²) in [4.78, 5) is 6.40. The highest BCUT2D eigenvalue weighted by Gasteiger charge is 2.34. The molecule has 0 bridgehead atoms. The van der Waals surface area contributed by atoms with Gasteiger partial charge < -0.3 is 4.98 Å². The number of hydrogen-bond acceptors (Lipinski definition) is 1. The molecule has 2 unspecified atom stereocenters. The summed E-state index contributed by atoms with van der Waals surface area (Å²) in [6, 6.07) is 31.1. The number of hydrogen-bond donors (Lipinski definition) is 1. The Labute approximate surface area is 160 Å². The van der Waals surface area contributed by atoms with Gasteiger partial charge in [-0.05, 0) is 36.1 Å².